The van der Waals surface area contributed by atoms with Crippen molar-refractivity contribution in [3.8, 4) is 0 Å². The van der Waals surface area contributed by atoms with Crippen molar-refractivity contribution in [2.24, 2.45) is 0 Å². The van der Waals surface area contributed by atoms with Crippen LogP contribution in [0.4, 0.5) is 5.82 Å². The maximum Gasteiger partial charge on any atom is 0.137 e. The van der Waals surface area contributed by atoms with Crippen LogP contribution in [0, 0.1) is 13.8 Å². The fourth-order valence-corrected chi connectivity index (χ4v) is 2.17. The van der Waals surface area contributed by atoms with E-state index in [0.717, 1.165) is 23.8 Å². The van der Waals surface area contributed by atoms with Gasteiger partial charge in [0, 0.05) is 17.5 Å². The lowest BCUT2D eigenvalue weighted by Gasteiger charge is -2.19. The topological polar surface area (TPSA) is 37.8 Å². The van der Waals surface area contributed by atoms with Crippen LogP contribution in [0.25, 0.3) is 0 Å². The monoisotopic (exact) mass is 303 g/mol. The average molecular weight is 304 g/mol. The van der Waals surface area contributed by atoms with Crippen molar-refractivity contribution in [1.29, 1.82) is 0 Å². The molecule has 2 aromatic rings. The second-order valence-corrected chi connectivity index (χ2v) is 6.76. The summed E-state index contributed by atoms with van der Waals surface area (Å²) in [5, 5.41) is 3.89. The molecule has 4 heteroatoms. The second-order valence-electron chi connectivity index (χ2n) is 6.40. The van der Waals surface area contributed by atoms with E-state index in [1.807, 2.05) is 6.92 Å². The highest BCUT2D eigenvalue weighted by Gasteiger charge is 2.20. The van der Waals surface area contributed by atoms with Gasteiger partial charge in [-0.1, -0.05) is 62.2 Å². The molecule has 0 radical (unpaired) electrons. The van der Waals surface area contributed by atoms with Crippen LogP contribution in [0.15, 0.2) is 24.3 Å². The molecule has 1 aromatic heterocycles. The minimum absolute atomic E-state index is 0.128. The summed E-state index contributed by atoms with van der Waals surface area (Å²) in [6.07, 6.45) is 0. The standard InChI is InChI=1S/C17H22ClN3/c1-11-7-6-8-13(9-11)10-19-15-12(2)14(18)20-16(21-15)17(3,4)5/h6-9H,10H2,1-5H3,(H,19,20,21). The third-order valence-electron chi connectivity index (χ3n) is 3.30. The zero-order valence-electron chi connectivity index (χ0n) is 13.3. The molecule has 2 rings (SSSR count). The highest BCUT2D eigenvalue weighted by atomic mass is 35.5. The molecule has 1 heterocycles. The van der Waals surface area contributed by atoms with Crippen molar-refractivity contribution in [2.45, 2.75) is 46.6 Å². The Labute approximate surface area is 131 Å². The minimum Gasteiger partial charge on any atom is -0.366 e. The molecule has 3 nitrogen and oxygen atoms in total. The summed E-state index contributed by atoms with van der Waals surface area (Å²) in [5.41, 5.74) is 3.23. The fraction of sp³-hybridized carbons (Fsp3) is 0.412. The Morgan fingerprint density at radius 1 is 1.14 bits per heavy atom. The number of anilines is 1. The first-order valence-corrected chi connectivity index (χ1v) is 7.49. The molecule has 0 spiro atoms. The van der Waals surface area contributed by atoms with E-state index in [4.69, 9.17) is 11.6 Å². The Balaban J connectivity index is 2.25. The molecule has 0 saturated carbocycles. The smallest absolute Gasteiger partial charge is 0.137 e. The number of hydrogen-bond acceptors (Lipinski definition) is 3. The summed E-state index contributed by atoms with van der Waals surface area (Å²) in [4.78, 5) is 9.02. The van der Waals surface area contributed by atoms with Crippen molar-refractivity contribution < 1.29 is 0 Å². The molecule has 0 fully saturated rings. The van der Waals surface area contributed by atoms with Gasteiger partial charge in [0.25, 0.3) is 0 Å². The predicted molar refractivity (Wildman–Crippen MR) is 89.0 cm³/mol. The number of aromatic nitrogens is 2. The number of hydrogen-bond donors (Lipinski definition) is 1. The zero-order valence-corrected chi connectivity index (χ0v) is 14.0. The van der Waals surface area contributed by atoms with Gasteiger partial charge in [-0.25, -0.2) is 9.97 Å². The molecule has 0 aliphatic heterocycles. The van der Waals surface area contributed by atoms with E-state index in [1.54, 1.807) is 0 Å². The van der Waals surface area contributed by atoms with Crippen LogP contribution in [0.2, 0.25) is 5.15 Å². The van der Waals surface area contributed by atoms with E-state index < -0.39 is 0 Å². The van der Waals surface area contributed by atoms with Gasteiger partial charge in [-0.3, -0.25) is 0 Å². The van der Waals surface area contributed by atoms with Gasteiger partial charge in [0.15, 0.2) is 0 Å². The lowest BCUT2D eigenvalue weighted by atomic mass is 9.95. The van der Waals surface area contributed by atoms with Gasteiger partial charge in [0.2, 0.25) is 0 Å². The molecule has 0 unspecified atom stereocenters. The number of nitrogens with zero attached hydrogens (tertiary/aromatic N) is 2. The lowest BCUT2D eigenvalue weighted by molar-refractivity contribution is 0.545. The highest BCUT2D eigenvalue weighted by Crippen LogP contribution is 2.26. The second kappa shape index (κ2) is 6.02. The third-order valence-corrected chi connectivity index (χ3v) is 3.67. The van der Waals surface area contributed by atoms with E-state index in [9.17, 15) is 0 Å². The normalized spacial score (nSPS) is 11.5. The Morgan fingerprint density at radius 3 is 2.48 bits per heavy atom. The van der Waals surface area contributed by atoms with Crippen molar-refractivity contribution in [1.82, 2.24) is 9.97 Å². The summed E-state index contributed by atoms with van der Waals surface area (Å²) in [7, 11) is 0. The lowest BCUT2D eigenvalue weighted by Crippen LogP contribution is -2.18. The molecule has 1 aromatic carbocycles. The fourth-order valence-electron chi connectivity index (χ4n) is 2.00. The third kappa shape index (κ3) is 3.94. The Kier molecular flexibility index (Phi) is 4.52. The van der Waals surface area contributed by atoms with Crippen LogP contribution in [-0.2, 0) is 12.0 Å². The Hall–Kier alpha value is -1.61. The highest BCUT2D eigenvalue weighted by molar-refractivity contribution is 6.30. The van der Waals surface area contributed by atoms with Crippen LogP contribution >= 0.6 is 11.6 Å². The first-order valence-electron chi connectivity index (χ1n) is 7.11. The van der Waals surface area contributed by atoms with Crippen molar-refractivity contribution in [3.63, 3.8) is 0 Å². The molecule has 112 valence electrons. The number of rotatable bonds is 3. The van der Waals surface area contributed by atoms with Crippen LogP contribution in [-0.4, -0.2) is 9.97 Å². The van der Waals surface area contributed by atoms with Crippen LogP contribution in [0.5, 0.6) is 0 Å². The summed E-state index contributed by atoms with van der Waals surface area (Å²) in [6, 6.07) is 8.42. The van der Waals surface area contributed by atoms with Gasteiger partial charge >= 0.3 is 0 Å². The zero-order chi connectivity index (χ0) is 15.6. The van der Waals surface area contributed by atoms with Gasteiger partial charge in [0.1, 0.15) is 16.8 Å². The van der Waals surface area contributed by atoms with Crippen LogP contribution in [0.3, 0.4) is 0 Å². The largest absolute Gasteiger partial charge is 0.366 e. The van der Waals surface area contributed by atoms with Gasteiger partial charge in [0.05, 0.1) is 0 Å². The Morgan fingerprint density at radius 2 is 1.86 bits per heavy atom. The quantitative estimate of drug-likeness (QED) is 0.838. The van der Waals surface area contributed by atoms with Gasteiger partial charge in [-0.2, -0.15) is 0 Å². The van der Waals surface area contributed by atoms with Crippen molar-refractivity contribution >= 4 is 17.4 Å². The molecule has 0 aliphatic rings. The molecule has 21 heavy (non-hydrogen) atoms. The first kappa shape index (κ1) is 15.8. The maximum atomic E-state index is 6.24. The van der Waals surface area contributed by atoms with Crippen LogP contribution < -0.4 is 5.32 Å². The summed E-state index contributed by atoms with van der Waals surface area (Å²) in [5.74, 6) is 1.56. The SMILES string of the molecule is Cc1cccc(CNc2nc(C(C)(C)C)nc(Cl)c2C)c1. The van der Waals surface area contributed by atoms with Crippen molar-refractivity contribution in [2.75, 3.05) is 5.32 Å². The van der Waals surface area contributed by atoms with E-state index in [0.29, 0.717) is 5.15 Å². The van der Waals surface area contributed by atoms with Crippen molar-refractivity contribution in [3.05, 3.63) is 51.9 Å². The average Bonchev–Trinajstić information content (AvgIpc) is 2.39. The maximum absolute atomic E-state index is 6.24. The van der Waals surface area contributed by atoms with E-state index >= 15 is 0 Å². The molecular weight excluding hydrogens is 282 g/mol. The van der Waals surface area contributed by atoms with E-state index in [2.05, 4.69) is 67.2 Å². The van der Waals surface area contributed by atoms with E-state index in [1.165, 1.54) is 11.1 Å². The predicted octanol–water partition coefficient (Wildman–Crippen LogP) is 4.66. The molecule has 0 saturated heterocycles. The summed E-state index contributed by atoms with van der Waals surface area (Å²) < 4.78 is 0. The number of halogens is 1. The summed E-state index contributed by atoms with van der Waals surface area (Å²) >= 11 is 6.24. The summed E-state index contributed by atoms with van der Waals surface area (Å²) in [6.45, 7) is 11.0. The molecule has 0 atom stereocenters. The van der Waals surface area contributed by atoms with Crippen LogP contribution in [0.1, 0.15) is 43.3 Å². The first-order chi connectivity index (χ1) is 9.77. The number of benzene rings is 1. The molecule has 0 amide bonds. The Bertz CT molecular complexity index is 645. The molecule has 0 bridgehead atoms. The molecule has 1 N–H and O–H groups in total. The molecular formula is C17H22ClN3. The van der Waals surface area contributed by atoms with E-state index in [-0.39, 0.29) is 5.41 Å². The number of aryl methyl sites for hydroxylation is 1. The number of nitrogens with one attached hydrogen (secondary N) is 1. The van der Waals surface area contributed by atoms with Gasteiger partial charge in [-0.15, -0.1) is 0 Å². The minimum atomic E-state index is -0.128. The van der Waals surface area contributed by atoms with Gasteiger partial charge < -0.3 is 5.32 Å². The van der Waals surface area contributed by atoms with Gasteiger partial charge in [-0.05, 0) is 19.4 Å². The molecule has 0 aliphatic carbocycles.